The zero-order chi connectivity index (χ0) is 12.6. The Bertz CT molecular complexity index is 481. The largest absolute Gasteiger partial charge is 0.489 e. The van der Waals surface area contributed by atoms with E-state index in [1.165, 1.54) is 12.8 Å². The van der Waals surface area contributed by atoms with Gasteiger partial charge in [0, 0.05) is 13.1 Å². The summed E-state index contributed by atoms with van der Waals surface area (Å²) in [5, 5.41) is 6.24. The lowest BCUT2D eigenvalue weighted by Crippen LogP contribution is -2.30. The predicted octanol–water partition coefficient (Wildman–Crippen LogP) is 2.02. The van der Waals surface area contributed by atoms with Crippen molar-refractivity contribution in [3.8, 4) is 5.75 Å². The molecule has 1 aliphatic heterocycles. The van der Waals surface area contributed by atoms with E-state index in [0.29, 0.717) is 23.3 Å². The van der Waals surface area contributed by atoms with Crippen molar-refractivity contribution in [2.24, 2.45) is 5.41 Å². The van der Waals surface area contributed by atoms with Crippen LogP contribution < -0.4 is 15.4 Å². The Morgan fingerprint density at radius 1 is 1.50 bits per heavy atom. The van der Waals surface area contributed by atoms with E-state index in [0.717, 1.165) is 18.8 Å². The van der Waals surface area contributed by atoms with Crippen molar-refractivity contribution < 1.29 is 9.53 Å². The molecular weight excluding hydrogens is 228 g/mol. The van der Waals surface area contributed by atoms with Crippen LogP contribution in [0.15, 0.2) is 18.2 Å². The zero-order valence-electron chi connectivity index (χ0n) is 10.6. The molecule has 1 aliphatic carbocycles. The molecule has 0 aromatic heterocycles. The van der Waals surface area contributed by atoms with Crippen molar-refractivity contribution in [2.75, 3.05) is 25.0 Å². The molecule has 4 heteroatoms. The summed E-state index contributed by atoms with van der Waals surface area (Å²) in [6.45, 7) is 4.35. The average molecular weight is 246 g/mol. The molecule has 1 heterocycles. The van der Waals surface area contributed by atoms with Crippen LogP contribution in [0.4, 0.5) is 5.69 Å². The van der Waals surface area contributed by atoms with Gasteiger partial charge in [-0.3, -0.25) is 4.79 Å². The number of carbonyl (C=O) groups is 1. The first-order valence-electron chi connectivity index (χ1n) is 6.46. The first-order valence-corrected chi connectivity index (χ1v) is 6.46. The normalized spacial score (nSPS) is 19.2. The van der Waals surface area contributed by atoms with Crippen LogP contribution in [0.5, 0.6) is 5.75 Å². The van der Waals surface area contributed by atoms with E-state index in [1.54, 1.807) is 0 Å². The Kier molecular flexibility index (Phi) is 2.65. The van der Waals surface area contributed by atoms with Gasteiger partial charge in [-0.1, -0.05) is 13.0 Å². The van der Waals surface area contributed by atoms with Crippen LogP contribution in [0.1, 0.15) is 30.1 Å². The predicted molar refractivity (Wildman–Crippen MR) is 70.1 cm³/mol. The van der Waals surface area contributed by atoms with Gasteiger partial charge >= 0.3 is 0 Å². The number of amides is 1. The maximum absolute atomic E-state index is 12.2. The number of carbonyl (C=O) groups excluding carboxylic acids is 1. The molecule has 0 bridgehead atoms. The SMILES string of the molecule is CC1(CNC(=O)c2cccc3c2OCCN3)CC1. The van der Waals surface area contributed by atoms with E-state index in [-0.39, 0.29) is 5.91 Å². The second-order valence-electron chi connectivity index (χ2n) is 5.45. The molecule has 1 fully saturated rings. The van der Waals surface area contributed by atoms with Crippen molar-refractivity contribution in [3.63, 3.8) is 0 Å². The lowest BCUT2D eigenvalue weighted by Gasteiger charge is -2.21. The van der Waals surface area contributed by atoms with Gasteiger partial charge in [0.15, 0.2) is 5.75 Å². The standard InChI is InChI=1S/C14H18N2O2/c1-14(5-6-14)9-16-13(17)10-3-2-4-11-12(10)18-8-7-15-11/h2-4,15H,5-9H2,1H3,(H,16,17). The molecule has 0 atom stereocenters. The molecule has 0 radical (unpaired) electrons. The molecule has 0 unspecified atom stereocenters. The molecule has 1 saturated carbocycles. The van der Waals surface area contributed by atoms with Gasteiger partial charge in [0.2, 0.25) is 0 Å². The number of benzene rings is 1. The molecule has 0 saturated heterocycles. The van der Waals surface area contributed by atoms with Crippen molar-refractivity contribution in [2.45, 2.75) is 19.8 Å². The van der Waals surface area contributed by atoms with E-state index in [2.05, 4.69) is 17.6 Å². The van der Waals surface area contributed by atoms with E-state index in [4.69, 9.17) is 4.74 Å². The molecule has 18 heavy (non-hydrogen) atoms. The molecule has 2 N–H and O–H groups in total. The summed E-state index contributed by atoms with van der Waals surface area (Å²) in [4.78, 5) is 12.2. The van der Waals surface area contributed by atoms with E-state index >= 15 is 0 Å². The van der Waals surface area contributed by atoms with Gasteiger partial charge in [0.05, 0.1) is 11.3 Å². The zero-order valence-corrected chi connectivity index (χ0v) is 10.6. The number of anilines is 1. The summed E-state index contributed by atoms with van der Waals surface area (Å²) in [7, 11) is 0. The van der Waals surface area contributed by atoms with Gasteiger partial charge in [-0.05, 0) is 30.4 Å². The Hall–Kier alpha value is -1.71. The minimum Gasteiger partial charge on any atom is -0.489 e. The number of hydrogen-bond donors (Lipinski definition) is 2. The Morgan fingerprint density at radius 3 is 3.11 bits per heavy atom. The lowest BCUT2D eigenvalue weighted by atomic mass is 10.1. The number of ether oxygens (including phenoxy) is 1. The molecule has 4 nitrogen and oxygen atoms in total. The summed E-state index contributed by atoms with van der Waals surface area (Å²) in [6.07, 6.45) is 2.41. The van der Waals surface area contributed by atoms with Gasteiger partial charge in [0.1, 0.15) is 6.61 Å². The van der Waals surface area contributed by atoms with Gasteiger partial charge < -0.3 is 15.4 Å². The summed E-state index contributed by atoms with van der Waals surface area (Å²) in [6, 6.07) is 5.64. The number of para-hydroxylation sites is 1. The number of fused-ring (bicyclic) bond motifs is 1. The van der Waals surface area contributed by atoms with E-state index < -0.39 is 0 Å². The number of rotatable bonds is 3. The number of hydrogen-bond acceptors (Lipinski definition) is 3. The highest BCUT2D eigenvalue weighted by atomic mass is 16.5. The molecule has 2 aliphatic rings. The smallest absolute Gasteiger partial charge is 0.255 e. The van der Waals surface area contributed by atoms with Crippen LogP contribution in [0, 0.1) is 5.41 Å². The Morgan fingerprint density at radius 2 is 2.33 bits per heavy atom. The molecule has 1 aromatic rings. The summed E-state index contributed by atoms with van der Waals surface area (Å²) < 4.78 is 5.60. The van der Waals surface area contributed by atoms with Crippen LogP contribution in [0.3, 0.4) is 0 Å². The summed E-state index contributed by atoms with van der Waals surface area (Å²) in [5.41, 5.74) is 1.86. The van der Waals surface area contributed by atoms with E-state index in [9.17, 15) is 4.79 Å². The van der Waals surface area contributed by atoms with Crippen LogP contribution >= 0.6 is 0 Å². The molecular formula is C14H18N2O2. The van der Waals surface area contributed by atoms with Crippen molar-refractivity contribution in [1.82, 2.24) is 5.32 Å². The maximum atomic E-state index is 12.2. The molecule has 0 spiro atoms. The molecule has 1 aromatic carbocycles. The Balaban J connectivity index is 1.76. The fourth-order valence-electron chi connectivity index (χ4n) is 2.13. The third-order valence-electron chi connectivity index (χ3n) is 3.70. The summed E-state index contributed by atoms with van der Waals surface area (Å²) in [5.74, 6) is 0.644. The van der Waals surface area contributed by atoms with E-state index in [1.807, 2.05) is 18.2 Å². The third kappa shape index (κ3) is 2.15. The maximum Gasteiger partial charge on any atom is 0.255 e. The minimum atomic E-state index is -0.0383. The molecule has 3 rings (SSSR count). The van der Waals surface area contributed by atoms with Crippen molar-refractivity contribution in [3.05, 3.63) is 23.8 Å². The minimum absolute atomic E-state index is 0.0383. The first-order chi connectivity index (χ1) is 8.68. The highest BCUT2D eigenvalue weighted by Gasteiger charge is 2.37. The topological polar surface area (TPSA) is 50.4 Å². The fraction of sp³-hybridized carbons (Fsp3) is 0.500. The molecule has 1 amide bonds. The van der Waals surface area contributed by atoms with Crippen molar-refractivity contribution >= 4 is 11.6 Å². The van der Waals surface area contributed by atoms with Crippen molar-refractivity contribution in [1.29, 1.82) is 0 Å². The van der Waals surface area contributed by atoms with Gasteiger partial charge in [-0.2, -0.15) is 0 Å². The third-order valence-corrected chi connectivity index (χ3v) is 3.70. The second-order valence-corrected chi connectivity index (χ2v) is 5.45. The fourth-order valence-corrected chi connectivity index (χ4v) is 2.13. The summed E-state index contributed by atoms with van der Waals surface area (Å²) >= 11 is 0. The highest BCUT2D eigenvalue weighted by molar-refractivity contribution is 5.99. The monoisotopic (exact) mass is 246 g/mol. The second kappa shape index (κ2) is 4.19. The highest BCUT2D eigenvalue weighted by Crippen LogP contribution is 2.44. The van der Waals surface area contributed by atoms with Crippen LogP contribution in [-0.4, -0.2) is 25.6 Å². The number of nitrogens with one attached hydrogen (secondary N) is 2. The van der Waals surface area contributed by atoms with Crippen LogP contribution in [0.25, 0.3) is 0 Å². The quantitative estimate of drug-likeness (QED) is 0.858. The van der Waals surface area contributed by atoms with Gasteiger partial charge in [-0.15, -0.1) is 0 Å². The molecule has 96 valence electrons. The lowest BCUT2D eigenvalue weighted by molar-refractivity contribution is 0.0942. The van der Waals surface area contributed by atoms with Gasteiger partial charge in [-0.25, -0.2) is 0 Å². The van der Waals surface area contributed by atoms with Crippen LogP contribution in [0.2, 0.25) is 0 Å². The van der Waals surface area contributed by atoms with Gasteiger partial charge in [0.25, 0.3) is 5.91 Å². The first kappa shape index (κ1) is 11.4. The Labute approximate surface area is 107 Å². The average Bonchev–Trinajstić information content (AvgIpc) is 3.14. The van der Waals surface area contributed by atoms with Crippen LogP contribution in [-0.2, 0) is 0 Å².